The van der Waals surface area contributed by atoms with E-state index in [-0.39, 0.29) is 24.3 Å². The summed E-state index contributed by atoms with van der Waals surface area (Å²) >= 11 is 0. The molecule has 1 aliphatic rings. The number of benzene rings is 1. The highest BCUT2D eigenvalue weighted by Gasteiger charge is 2.22. The minimum atomic E-state index is -0.760. The summed E-state index contributed by atoms with van der Waals surface area (Å²) in [6, 6.07) is 6.33. The van der Waals surface area contributed by atoms with Crippen molar-refractivity contribution in [1.82, 2.24) is 5.32 Å². The van der Waals surface area contributed by atoms with Crippen LogP contribution in [0, 0.1) is 5.82 Å². The van der Waals surface area contributed by atoms with Crippen molar-refractivity contribution in [2.75, 3.05) is 6.54 Å². The second kappa shape index (κ2) is 5.42. The number of nitrogens with one attached hydrogen (secondary N) is 1. The van der Waals surface area contributed by atoms with Gasteiger partial charge in [-0.1, -0.05) is 12.1 Å². The molecule has 0 bridgehead atoms. The summed E-state index contributed by atoms with van der Waals surface area (Å²) in [5, 5.41) is 3.19. The van der Waals surface area contributed by atoms with Gasteiger partial charge in [-0.2, -0.15) is 0 Å². The molecule has 1 heterocycles. The monoisotopic (exact) mass is 233 g/mol. The van der Waals surface area contributed by atoms with Crippen molar-refractivity contribution in [2.45, 2.75) is 25.1 Å². The van der Waals surface area contributed by atoms with Crippen LogP contribution in [0.3, 0.4) is 0 Å². The van der Waals surface area contributed by atoms with Crippen LogP contribution in [0.4, 0.5) is 8.78 Å². The molecule has 0 spiro atoms. The molecule has 1 aliphatic heterocycles. The average molecular weight is 234 g/mol. The molecule has 0 aliphatic carbocycles. The lowest BCUT2D eigenvalue weighted by atomic mass is 9.96. The van der Waals surface area contributed by atoms with Crippen molar-refractivity contribution in [1.29, 1.82) is 0 Å². The fourth-order valence-corrected chi connectivity index (χ4v) is 1.85. The molecular weight excluding hydrogens is 220 g/mol. The molecule has 1 aromatic rings. The van der Waals surface area contributed by atoms with Crippen LogP contribution >= 0.6 is 12.4 Å². The molecule has 1 nitrogen and oxygen atoms in total. The van der Waals surface area contributed by atoms with E-state index in [1.807, 2.05) is 6.07 Å². The van der Waals surface area contributed by atoms with Gasteiger partial charge in [0.25, 0.3) is 0 Å². The van der Waals surface area contributed by atoms with Crippen LogP contribution in [0.1, 0.15) is 24.4 Å². The maximum absolute atomic E-state index is 13.1. The molecule has 1 aromatic carbocycles. The van der Waals surface area contributed by atoms with Crippen molar-refractivity contribution in [3.05, 3.63) is 35.6 Å². The molecule has 1 fully saturated rings. The second-order valence-electron chi connectivity index (χ2n) is 3.68. The smallest absolute Gasteiger partial charge is 0.123 e. The minimum Gasteiger partial charge on any atom is -0.310 e. The lowest BCUT2D eigenvalue weighted by Gasteiger charge is -2.26. The fraction of sp³-hybridized carbons (Fsp3) is 0.455. The van der Waals surface area contributed by atoms with Crippen LogP contribution in [0.2, 0.25) is 0 Å². The molecule has 2 atom stereocenters. The second-order valence-corrected chi connectivity index (χ2v) is 3.68. The zero-order valence-corrected chi connectivity index (χ0v) is 9.07. The molecule has 0 amide bonds. The number of piperidine rings is 1. The quantitative estimate of drug-likeness (QED) is 0.786. The van der Waals surface area contributed by atoms with Gasteiger partial charge < -0.3 is 5.32 Å². The third-order valence-electron chi connectivity index (χ3n) is 2.59. The van der Waals surface area contributed by atoms with E-state index in [9.17, 15) is 8.78 Å². The summed E-state index contributed by atoms with van der Waals surface area (Å²) in [4.78, 5) is 0. The summed E-state index contributed by atoms with van der Waals surface area (Å²) in [7, 11) is 0. The Morgan fingerprint density at radius 3 is 2.80 bits per heavy atom. The predicted octanol–water partition coefficient (Wildman–Crippen LogP) is 3.01. The highest BCUT2D eigenvalue weighted by Crippen LogP contribution is 2.25. The van der Waals surface area contributed by atoms with Crippen molar-refractivity contribution in [3.8, 4) is 0 Å². The van der Waals surface area contributed by atoms with Gasteiger partial charge in [0.15, 0.2) is 0 Å². The van der Waals surface area contributed by atoms with E-state index in [0.717, 1.165) is 5.56 Å². The first-order chi connectivity index (χ1) is 6.75. The molecule has 2 unspecified atom stereocenters. The van der Waals surface area contributed by atoms with Gasteiger partial charge in [0.1, 0.15) is 12.0 Å². The van der Waals surface area contributed by atoms with E-state index in [1.54, 1.807) is 6.07 Å². The standard InChI is InChI=1S/C11H13F2N.ClH/c12-9-3-1-2-8(6-9)11-7-10(13)4-5-14-11;/h1-3,6,10-11,14H,4-5,7H2;1H. The van der Waals surface area contributed by atoms with E-state index in [1.165, 1.54) is 12.1 Å². The van der Waals surface area contributed by atoms with Crippen LogP contribution in [0.25, 0.3) is 0 Å². The van der Waals surface area contributed by atoms with Crippen LogP contribution in [0.5, 0.6) is 0 Å². The molecule has 1 N–H and O–H groups in total. The topological polar surface area (TPSA) is 12.0 Å². The maximum Gasteiger partial charge on any atom is 0.123 e. The SMILES string of the molecule is Cl.Fc1cccc(C2CC(F)CCN2)c1. The highest BCUT2D eigenvalue weighted by molar-refractivity contribution is 5.85. The van der Waals surface area contributed by atoms with Crippen molar-refractivity contribution in [3.63, 3.8) is 0 Å². The molecular formula is C11H14ClF2N. The Labute approximate surface area is 94.3 Å². The van der Waals surface area contributed by atoms with Gasteiger partial charge in [0.05, 0.1) is 0 Å². The van der Waals surface area contributed by atoms with Crippen molar-refractivity contribution < 1.29 is 8.78 Å². The maximum atomic E-state index is 13.1. The van der Waals surface area contributed by atoms with Gasteiger partial charge in [0.2, 0.25) is 0 Å². The molecule has 1 saturated heterocycles. The first kappa shape index (κ1) is 12.4. The van der Waals surface area contributed by atoms with Crippen LogP contribution in [0.15, 0.2) is 24.3 Å². The van der Waals surface area contributed by atoms with Crippen molar-refractivity contribution >= 4 is 12.4 Å². The first-order valence-corrected chi connectivity index (χ1v) is 4.88. The van der Waals surface area contributed by atoms with Gasteiger partial charge in [-0.15, -0.1) is 12.4 Å². The first-order valence-electron chi connectivity index (χ1n) is 4.88. The summed E-state index contributed by atoms with van der Waals surface area (Å²) < 4.78 is 26.0. The van der Waals surface area contributed by atoms with Gasteiger partial charge in [-0.3, -0.25) is 0 Å². The number of halogens is 3. The van der Waals surface area contributed by atoms with E-state index >= 15 is 0 Å². The zero-order valence-electron chi connectivity index (χ0n) is 8.25. The van der Waals surface area contributed by atoms with Crippen LogP contribution in [-0.4, -0.2) is 12.7 Å². The zero-order chi connectivity index (χ0) is 9.97. The Bertz CT molecular complexity index is 319. The Kier molecular flexibility index (Phi) is 4.48. The molecule has 0 aromatic heterocycles. The van der Waals surface area contributed by atoms with Gasteiger partial charge in [-0.05, 0) is 37.1 Å². The Morgan fingerprint density at radius 1 is 1.33 bits per heavy atom. The Balaban J connectivity index is 0.00000112. The lowest BCUT2D eigenvalue weighted by molar-refractivity contribution is 0.224. The largest absolute Gasteiger partial charge is 0.310 e. The summed E-state index contributed by atoms with van der Waals surface area (Å²) in [6.07, 6.45) is 0.249. The number of alkyl halides is 1. The number of hydrogen-bond donors (Lipinski definition) is 1. The Hall–Kier alpha value is -0.670. The molecule has 0 saturated carbocycles. The molecule has 0 radical (unpaired) electrons. The van der Waals surface area contributed by atoms with E-state index in [0.29, 0.717) is 19.4 Å². The summed E-state index contributed by atoms with van der Waals surface area (Å²) in [5.41, 5.74) is 0.840. The van der Waals surface area contributed by atoms with Gasteiger partial charge >= 0.3 is 0 Å². The van der Waals surface area contributed by atoms with Crippen LogP contribution < -0.4 is 5.32 Å². The molecule has 84 valence electrons. The third-order valence-corrected chi connectivity index (χ3v) is 2.59. The van der Waals surface area contributed by atoms with Gasteiger partial charge in [0, 0.05) is 6.04 Å². The van der Waals surface area contributed by atoms with Crippen LogP contribution in [-0.2, 0) is 0 Å². The summed E-state index contributed by atoms with van der Waals surface area (Å²) in [5.74, 6) is -0.259. The molecule has 15 heavy (non-hydrogen) atoms. The third kappa shape index (κ3) is 3.14. The van der Waals surface area contributed by atoms with Crippen molar-refractivity contribution in [2.24, 2.45) is 0 Å². The lowest BCUT2D eigenvalue weighted by Crippen LogP contribution is -2.32. The summed E-state index contributed by atoms with van der Waals surface area (Å²) in [6.45, 7) is 0.669. The number of hydrogen-bond acceptors (Lipinski definition) is 1. The van der Waals surface area contributed by atoms with E-state index < -0.39 is 6.17 Å². The normalized spacial score (nSPS) is 25.7. The van der Waals surface area contributed by atoms with Gasteiger partial charge in [-0.25, -0.2) is 8.78 Å². The Morgan fingerprint density at radius 2 is 2.13 bits per heavy atom. The number of rotatable bonds is 1. The van der Waals surface area contributed by atoms with E-state index in [4.69, 9.17) is 0 Å². The molecule has 4 heteroatoms. The molecule has 2 rings (SSSR count). The predicted molar refractivity (Wildman–Crippen MR) is 58.5 cm³/mol. The highest BCUT2D eigenvalue weighted by atomic mass is 35.5. The fourth-order valence-electron chi connectivity index (χ4n) is 1.85. The van der Waals surface area contributed by atoms with E-state index in [2.05, 4.69) is 5.32 Å². The average Bonchev–Trinajstić information content (AvgIpc) is 2.18. The minimum absolute atomic E-state index is 0.